The van der Waals surface area contributed by atoms with Gasteiger partial charge in [-0.3, -0.25) is 0 Å². The lowest BCUT2D eigenvalue weighted by Crippen LogP contribution is -2.27. The summed E-state index contributed by atoms with van der Waals surface area (Å²) in [5.41, 5.74) is 8.05. The minimum atomic E-state index is -3.26. The number of aromatic nitrogens is 5. The molecular weight excluding hydrogens is 498 g/mol. The first-order valence-electron chi connectivity index (χ1n) is 10.4. The first kappa shape index (κ1) is 22.8. The minimum Gasteiger partial charge on any atom is -0.454 e. The van der Waals surface area contributed by atoms with Gasteiger partial charge in [0.25, 0.3) is 0 Å². The Labute approximate surface area is 203 Å². The maximum atomic E-state index is 11.8. The number of nitrogen functional groups attached to an aromatic ring is 1. The van der Waals surface area contributed by atoms with E-state index in [4.69, 9.17) is 20.2 Å². The summed E-state index contributed by atoms with van der Waals surface area (Å²) in [5.74, 6) is 1.64. The van der Waals surface area contributed by atoms with Crippen LogP contribution in [0.25, 0.3) is 21.7 Å². The summed E-state index contributed by atoms with van der Waals surface area (Å²) >= 11 is 2.95. The fourth-order valence-corrected chi connectivity index (χ4v) is 5.86. The van der Waals surface area contributed by atoms with Crippen molar-refractivity contribution in [2.24, 2.45) is 0 Å². The number of rotatable bonds is 9. The number of anilines is 1. The zero-order valence-electron chi connectivity index (χ0n) is 18.1. The molecule has 0 unspecified atom stereocenters. The number of sulfonamides is 1. The molecule has 4 heterocycles. The van der Waals surface area contributed by atoms with E-state index in [0.29, 0.717) is 47.3 Å². The van der Waals surface area contributed by atoms with Gasteiger partial charge in [-0.05, 0) is 25.5 Å². The quantitative estimate of drug-likeness (QED) is 0.316. The van der Waals surface area contributed by atoms with Crippen LogP contribution in [0.4, 0.5) is 5.82 Å². The summed E-state index contributed by atoms with van der Waals surface area (Å²) in [4.78, 5) is 18.5. The van der Waals surface area contributed by atoms with E-state index in [-0.39, 0.29) is 18.4 Å². The van der Waals surface area contributed by atoms with Gasteiger partial charge >= 0.3 is 0 Å². The lowest BCUT2D eigenvalue weighted by atomic mass is 10.2. The highest BCUT2D eigenvalue weighted by Gasteiger charge is 2.23. The van der Waals surface area contributed by atoms with Gasteiger partial charge in [-0.25, -0.2) is 33.1 Å². The van der Waals surface area contributed by atoms with Crippen molar-refractivity contribution in [2.75, 3.05) is 24.8 Å². The van der Waals surface area contributed by atoms with E-state index in [1.54, 1.807) is 13.1 Å². The zero-order chi connectivity index (χ0) is 23.7. The van der Waals surface area contributed by atoms with E-state index in [9.17, 15) is 8.42 Å². The number of nitrogens with one attached hydrogen (secondary N) is 1. The van der Waals surface area contributed by atoms with E-state index in [2.05, 4.69) is 19.7 Å². The molecule has 1 aromatic carbocycles. The highest BCUT2D eigenvalue weighted by atomic mass is 32.2. The molecule has 0 fully saturated rings. The largest absolute Gasteiger partial charge is 0.454 e. The van der Waals surface area contributed by atoms with Crippen LogP contribution in [-0.2, 0) is 16.6 Å². The summed E-state index contributed by atoms with van der Waals surface area (Å²) in [6.07, 6.45) is 3.69. The Balaban J connectivity index is 1.51. The van der Waals surface area contributed by atoms with Gasteiger partial charge in [-0.2, -0.15) is 0 Å². The van der Waals surface area contributed by atoms with E-state index < -0.39 is 10.0 Å². The Hall–Kier alpha value is -2.94. The number of aryl methyl sites for hydroxylation is 1. The molecule has 0 atom stereocenters. The zero-order valence-corrected chi connectivity index (χ0v) is 20.5. The number of fused-ring (bicyclic) bond motifs is 2. The normalized spacial score (nSPS) is 13.1. The molecule has 0 bridgehead atoms. The third-order valence-electron chi connectivity index (χ3n) is 5.12. The summed E-state index contributed by atoms with van der Waals surface area (Å²) < 4.78 is 39.2. The second kappa shape index (κ2) is 9.37. The summed E-state index contributed by atoms with van der Waals surface area (Å²) in [6.45, 7) is 2.55. The highest BCUT2D eigenvalue weighted by Crippen LogP contribution is 2.45. The predicted octanol–water partition coefficient (Wildman–Crippen LogP) is 2.74. The van der Waals surface area contributed by atoms with Crippen molar-refractivity contribution < 1.29 is 17.9 Å². The minimum absolute atomic E-state index is 0.0372. The molecular formula is C20H21N7O4S3. The number of hydrogen-bond acceptors (Lipinski definition) is 11. The predicted molar refractivity (Wildman–Crippen MR) is 130 cm³/mol. The van der Waals surface area contributed by atoms with Crippen LogP contribution in [0.15, 0.2) is 40.1 Å². The second-order valence-corrected chi connectivity index (χ2v) is 11.3. The van der Waals surface area contributed by atoms with Crippen molar-refractivity contribution in [1.29, 1.82) is 0 Å². The van der Waals surface area contributed by atoms with Crippen LogP contribution >= 0.6 is 23.1 Å². The van der Waals surface area contributed by atoms with Gasteiger partial charge in [0, 0.05) is 35.1 Å². The number of ether oxygens (including phenoxy) is 2. The second-order valence-electron chi connectivity index (χ2n) is 7.27. The molecule has 0 saturated carbocycles. The summed E-state index contributed by atoms with van der Waals surface area (Å²) in [7, 11) is -3.26. The number of nitrogens with two attached hydrogens (primary N) is 1. The Kier molecular flexibility index (Phi) is 6.29. The fraction of sp³-hybridized carbons (Fsp3) is 0.300. The molecule has 11 nitrogen and oxygen atoms in total. The third-order valence-corrected chi connectivity index (χ3v) is 8.39. The van der Waals surface area contributed by atoms with Crippen LogP contribution in [0, 0.1) is 0 Å². The number of nitrogens with zero attached hydrogens (tertiary/aromatic N) is 5. The van der Waals surface area contributed by atoms with Crippen LogP contribution in [0.5, 0.6) is 11.5 Å². The maximum Gasteiger partial charge on any atom is 0.231 e. The Morgan fingerprint density at radius 1 is 1.24 bits per heavy atom. The standard InChI is InChI=1S/C20H21N7O4S3/c1-2-34(28,29)25-4-3-6-27-18-16(17(21)23-10-24-18)26-20(27)33-15-9-14-13(30-11-31-14)8-12(15)19-22-5-7-32-19/h5,7-10,25H,2-4,6,11H2,1H3,(H2,21,23,24). The van der Waals surface area contributed by atoms with Crippen molar-refractivity contribution in [1.82, 2.24) is 29.2 Å². The molecule has 3 N–H and O–H groups in total. The average molecular weight is 520 g/mol. The maximum absolute atomic E-state index is 11.8. The molecule has 1 aliphatic rings. The van der Waals surface area contributed by atoms with Crippen LogP contribution in [-0.4, -0.2) is 52.0 Å². The Bertz CT molecular complexity index is 1440. The van der Waals surface area contributed by atoms with Gasteiger partial charge in [0.1, 0.15) is 11.3 Å². The molecule has 178 valence electrons. The first-order chi connectivity index (χ1) is 16.4. The molecule has 0 amide bonds. The summed E-state index contributed by atoms with van der Waals surface area (Å²) in [6, 6.07) is 3.84. The molecule has 0 saturated heterocycles. The highest BCUT2D eigenvalue weighted by molar-refractivity contribution is 7.99. The van der Waals surface area contributed by atoms with Crippen molar-refractivity contribution in [3.05, 3.63) is 30.0 Å². The third kappa shape index (κ3) is 4.53. The molecule has 1 aliphatic heterocycles. The molecule has 0 aliphatic carbocycles. The van der Waals surface area contributed by atoms with Crippen LogP contribution in [0.1, 0.15) is 13.3 Å². The average Bonchev–Trinajstić information content (AvgIpc) is 3.57. The lowest BCUT2D eigenvalue weighted by molar-refractivity contribution is 0.174. The Morgan fingerprint density at radius 3 is 2.82 bits per heavy atom. The van der Waals surface area contributed by atoms with Crippen LogP contribution < -0.4 is 19.9 Å². The first-order valence-corrected chi connectivity index (χ1v) is 13.8. The van der Waals surface area contributed by atoms with Gasteiger partial charge in [-0.15, -0.1) is 11.3 Å². The van der Waals surface area contributed by atoms with Crippen molar-refractivity contribution in [3.63, 3.8) is 0 Å². The van der Waals surface area contributed by atoms with E-state index >= 15 is 0 Å². The molecule has 34 heavy (non-hydrogen) atoms. The van der Waals surface area contributed by atoms with E-state index in [1.165, 1.54) is 29.4 Å². The molecule has 4 aromatic rings. The Morgan fingerprint density at radius 2 is 2.06 bits per heavy atom. The van der Waals surface area contributed by atoms with Gasteiger partial charge in [0.15, 0.2) is 33.6 Å². The monoisotopic (exact) mass is 519 g/mol. The molecule has 5 rings (SSSR count). The van der Waals surface area contributed by atoms with Crippen molar-refractivity contribution in [2.45, 2.75) is 29.9 Å². The van der Waals surface area contributed by atoms with E-state index in [0.717, 1.165) is 15.5 Å². The molecule has 14 heteroatoms. The van der Waals surface area contributed by atoms with Gasteiger partial charge in [-0.1, -0.05) is 11.8 Å². The lowest BCUT2D eigenvalue weighted by Gasteiger charge is -2.11. The SMILES string of the molecule is CCS(=O)(=O)NCCCn1c(Sc2cc3c(cc2-c2nccs2)OCO3)nc2c(N)ncnc21. The fourth-order valence-electron chi connectivity index (χ4n) is 3.41. The summed E-state index contributed by atoms with van der Waals surface area (Å²) in [5, 5.41) is 3.41. The topological polar surface area (TPSA) is 147 Å². The van der Waals surface area contributed by atoms with Crippen LogP contribution in [0.3, 0.4) is 0 Å². The number of benzene rings is 1. The number of imidazole rings is 1. The van der Waals surface area contributed by atoms with Crippen molar-refractivity contribution in [3.8, 4) is 22.1 Å². The van der Waals surface area contributed by atoms with E-state index in [1.807, 2.05) is 22.1 Å². The van der Waals surface area contributed by atoms with Crippen LogP contribution in [0.2, 0.25) is 0 Å². The van der Waals surface area contributed by atoms with Gasteiger partial charge in [0.05, 0.1) is 5.75 Å². The molecule has 0 radical (unpaired) electrons. The van der Waals surface area contributed by atoms with Crippen molar-refractivity contribution >= 4 is 50.1 Å². The number of thiazole rings is 1. The van der Waals surface area contributed by atoms with Gasteiger partial charge in [0.2, 0.25) is 16.8 Å². The number of hydrogen-bond donors (Lipinski definition) is 2. The smallest absolute Gasteiger partial charge is 0.231 e. The van der Waals surface area contributed by atoms with Gasteiger partial charge < -0.3 is 19.8 Å². The molecule has 3 aromatic heterocycles. The molecule has 0 spiro atoms.